The molecule has 2 atom stereocenters. The topological polar surface area (TPSA) is 72.9 Å². The standard InChI is InChI=1S/C12H20N4O/c1-3-10-11(7-16(2)15-10)14-12(17)8-5-4-6-9(8)13/h7-9H,3-6,13H2,1-2H3,(H,14,17). The summed E-state index contributed by atoms with van der Waals surface area (Å²) in [7, 11) is 1.86. The third-order valence-corrected chi connectivity index (χ3v) is 3.40. The van der Waals surface area contributed by atoms with E-state index in [1.807, 2.05) is 20.2 Å². The van der Waals surface area contributed by atoms with Crippen molar-refractivity contribution in [3.63, 3.8) is 0 Å². The van der Waals surface area contributed by atoms with Crippen molar-refractivity contribution in [2.45, 2.75) is 38.6 Å². The van der Waals surface area contributed by atoms with Crippen LogP contribution in [-0.2, 0) is 18.3 Å². The number of nitrogens with two attached hydrogens (primary N) is 1. The minimum Gasteiger partial charge on any atom is -0.327 e. The van der Waals surface area contributed by atoms with Crippen LogP contribution in [0, 0.1) is 5.92 Å². The summed E-state index contributed by atoms with van der Waals surface area (Å²) in [5.74, 6) is -0.00221. The van der Waals surface area contributed by atoms with Gasteiger partial charge in [-0.25, -0.2) is 0 Å². The normalized spacial score (nSPS) is 23.9. The monoisotopic (exact) mass is 236 g/mol. The number of amides is 1. The van der Waals surface area contributed by atoms with Crippen LogP contribution in [0.15, 0.2) is 6.20 Å². The third-order valence-electron chi connectivity index (χ3n) is 3.40. The lowest BCUT2D eigenvalue weighted by Gasteiger charge is -2.14. The molecule has 1 amide bonds. The Morgan fingerprint density at radius 1 is 1.65 bits per heavy atom. The quantitative estimate of drug-likeness (QED) is 0.823. The van der Waals surface area contributed by atoms with E-state index in [0.29, 0.717) is 0 Å². The van der Waals surface area contributed by atoms with E-state index in [1.54, 1.807) is 4.68 Å². The van der Waals surface area contributed by atoms with Crippen molar-refractivity contribution in [3.05, 3.63) is 11.9 Å². The van der Waals surface area contributed by atoms with Gasteiger partial charge in [0.15, 0.2) is 0 Å². The maximum absolute atomic E-state index is 12.1. The predicted molar refractivity (Wildman–Crippen MR) is 66.5 cm³/mol. The average Bonchev–Trinajstić information content (AvgIpc) is 2.84. The molecule has 0 radical (unpaired) electrons. The highest BCUT2D eigenvalue weighted by Gasteiger charge is 2.30. The van der Waals surface area contributed by atoms with Crippen LogP contribution in [0.3, 0.4) is 0 Å². The van der Waals surface area contributed by atoms with Crippen molar-refractivity contribution < 1.29 is 4.79 Å². The van der Waals surface area contributed by atoms with Crippen LogP contribution in [0.4, 0.5) is 5.69 Å². The summed E-state index contributed by atoms with van der Waals surface area (Å²) in [5.41, 5.74) is 7.67. The molecule has 1 saturated carbocycles. The Balaban J connectivity index is 2.07. The third kappa shape index (κ3) is 2.49. The van der Waals surface area contributed by atoms with Crippen molar-refractivity contribution >= 4 is 11.6 Å². The Hall–Kier alpha value is -1.36. The molecule has 2 unspecified atom stereocenters. The molecule has 5 nitrogen and oxygen atoms in total. The van der Waals surface area contributed by atoms with E-state index in [2.05, 4.69) is 10.4 Å². The van der Waals surface area contributed by atoms with Gasteiger partial charge < -0.3 is 11.1 Å². The molecule has 17 heavy (non-hydrogen) atoms. The van der Waals surface area contributed by atoms with Crippen molar-refractivity contribution in [1.82, 2.24) is 9.78 Å². The van der Waals surface area contributed by atoms with Gasteiger partial charge in [-0.05, 0) is 19.3 Å². The molecule has 94 valence electrons. The molecular weight excluding hydrogens is 216 g/mol. The lowest BCUT2D eigenvalue weighted by molar-refractivity contribution is -0.120. The largest absolute Gasteiger partial charge is 0.327 e. The Bertz CT molecular complexity index is 413. The van der Waals surface area contributed by atoms with Gasteiger partial charge >= 0.3 is 0 Å². The van der Waals surface area contributed by atoms with E-state index in [-0.39, 0.29) is 17.9 Å². The van der Waals surface area contributed by atoms with E-state index in [4.69, 9.17) is 5.73 Å². The minimum atomic E-state index is -0.0417. The summed E-state index contributed by atoms with van der Waals surface area (Å²) in [6.07, 6.45) is 5.55. The maximum atomic E-state index is 12.1. The molecule has 1 aliphatic rings. The Morgan fingerprint density at radius 3 is 3.00 bits per heavy atom. The zero-order valence-electron chi connectivity index (χ0n) is 10.4. The van der Waals surface area contributed by atoms with Crippen molar-refractivity contribution in [2.24, 2.45) is 18.7 Å². The van der Waals surface area contributed by atoms with Gasteiger partial charge in [-0.15, -0.1) is 0 Å². The van der Waals surface area contributed by atoms with E-state index >= 15 is 0 Å². The number of hydrogen-bond acceptors (Lipinski definition) is 3. The molecule has 1 fully saturated rings. The fourth-order valence-corrected chi connectivity index (χ4v) is 2.44. The van der Waals surface area contributed by atoms with Crippen molar-refractivity contribution in [3.8, 4) is 0 Å². The number of aromatic nitrogens is 2. The van der Waals surface area contributed by atoms with E-state index in [9.17, 15) is 4.79 Å². The summed E-state index contributed by atoms with van der Waals surface area (Å²) in [6.45, 7) is 2.03. The number of hydrogen-bond donors (Lipinski definition) is 2. The Labute approximate surface area is 101 Å². The molecule has 2 rings (SSSR count). The van der Waals surface area contributed by atoms with Gasteiger partial charge in [0, 0.05) is 19.3 Å². The first-order valence-corrected chi connectivity index (χ1v) is 6.20. The highest BCUT2D eigenvalue weighted by Crippen LogP contribution is 2.26. The van der Waals surface area contributed by atoms with Crippen LogP contribution in [0.25, 0.3) is 0 Å². The van der Waals surface area contributed by atoms with Gasteiger partial charge in [-0.1, -0.05) is 13.3 Å². The first-order valence-electron chi connectivity index (χ1n) is 6.20. The fraction of sp³-hybridized carbons (Fsp3) is 0.667. The molecule has 1 heterocycles. The van der Waals surface area contributed by atoms with Gasteiger partial charge in [0.25, 0.3) is 0 Å². The fourth-order valence-electron chi connectivity index (χ4n) is 2.44. The molecule has 0 aromatic carbocycles. The zero-order valence-corrected chi connectivity index (χ0v) is 10.4. The maximum Gasteiger partial charge on any atom is 0.229 e. The molecule has 3 N–H and O–H groups in total. The van der Waals surface area contributed by atoms with E-state index in [1.165, 1.54) is 0 Å². The van der Waals surface area contributed by atoms with Crippen molar-refractivity contribution in [2.75, 3.05) is 5.32 Å². The van der Waals surface area contributed by atoms with Crippen LogP contribution in [0.2, 0.25) is 0 Å². The molecule has 0 saturated heterocycles. The summed E-state index contributed by atoms with van der Waals surface area (Å²) >= 11 is 0. The molecule has 0 spiro atoms. The summed E-state index contributed by atoms with van der Waals surface area (Å²) in [5, 5.41) is 7.25. The predicted octanol–water partition coefficient (Wildman–Crippen LogP) is 1.05. The van der Waals surface area contributed by atoms with Gasteiger partial charge in [-0.3, -0.25) is 9.48 Å². The Kier molecular flexibility index (Phi) is 3.47. The van der Waals surface area contributed by atoms with Gasteiger partial charge in [0.2, 0.25) is 5.91 Å². The second kappa shape index (κ2) is 4.87. The summed E-state index contributed by atoms with van der Waals surface area (Å²) in [4.78, 5) is 12.1. The average molecular weight is 236 g/mol. The minimum absolute atomic E-state index is 0.0109. The number of nitrogens with zero attached hydrogens (tertiary/aromatic N) is 2. The molecule has 5 heteroatoms. The second-order valence-electron chi connectivity index (χ2n) is 4.71. The number of carbonyl (C=O) groups excluding carboxylic acids is 1. The molecular formula is C12H20N4O. The Morgan fingerprint density at radius 2 is 2.41 bits per heavy atom. The molecule has 1 aliphatic carbocycles. The SMILES string of the molecule is CCc1nn(C)cc1NC(=O)C1CCCC1N. The molecule has 0 aliphatic heterocycles. The van der Waals surface area contributed by atoms with Crippen LogP contribution in [0.1, 0.15) is 31.9 Å². The lowest BCUT2D eigenvalue weighted by atomic mass is 10.0. The lowest BCUT2D eigenvalue weighted by Crippen LogP contribution is -2.34. The smallest absolute Gasteiger partial charge is 0.229 e. The number of carbonyl (C=O) groups is 1. The van der Waals surface area contributed by atoms with Crippen molar-refractivity contribution in [1.29, 1.82) is 0 Å². The zero-order chi connectivity index (χ0) is 12.4. The second-order valence-corrected chi connectivity index (χ2v) is 4.71. The van der Waals surface area contributed by atoms with Gasteiger partial charge in [-0.2, -0.15) is 5.10 Å². The summed E-state index contributed by atoms with van der Waals surface area (Å²) in [6, 6.07) is 0.0109. The number of anilines is 1. The van der Waals surface area contributed by atoms with Crippen LogP contribution in [0.5, 0.6) is 0 Å². The number of rotatable bonds is 3. The van der Waals surface area contributed by atoms with E-state index < -0.39 is 0 Å². The number of aryl methyl sites for hydroxylation is 2. The first-order chi connectivity index (χ1) is 8.11. The first kappa shape index (κ1) is 12.1. The highest BCUT2D eigenvalue weighted by atomic mass is 16.1. The molecule has 0 bridgehead atoms. The van der Waals surface area contributed by atoms with Crippen LogP contribution in [-0.4, -0.2) is 21.7 Å². The summed E-state index contributed by atoms with van der Waals surface area (Å²) < 4.78 is 1.73. The molecule has 1 aromatic heterocycles. The van der Waals surface area contributed by atoms with Crippen LogP contribution >= 0.6 is 0 Å². The molecule has 1 aromatic rings. The van der Waals surface area contributed by atoms with Crippen LogP contribution < -0.4 is 11.1 Å². The van der Waals surface area contributed by atoms with Gasteiger partial charge in [0.05, 0.1) is 17.3 Å². The van der Waals surface area contributed by atoms with Gasteiger partial charge in [0.1, 0.15) is 0 Å². The van der Waals surface area contributed by atoms with E-state index in [0.717, 1.165) is 37.1 Å². The highest BCUT2D eigenvalue weighted by molar-refractivity contribution is 5.93. The number of nitrogens with one attached hydrogen (secondary N) is 1.